The first-order chi connectivity index (χ1) is 19.6. The van der Waals surface area contributed by atoms with E-state index in [1.807, 2.05) is 0 Å². The van der Waals surface area contributed by atoms with Crippen LogP contribution in [0.15, 0.2) is 59.5 Å². The summed E-state index contributed by atoms with van der Waals surface area (Å²) in [5, 5.41) is 18.8. The highest BCUT2D eigenvalue weighted by Gasteiger charge is 2.37. The van der Waals surface area contributed by atoms with Crippen molar-refractivity contribution in [2.24, 2.45) is 0 Å². The number of carbonyl (C=O) groups excluding carboxylic acids is 1. The number of aromatic hydroxyl groups is 1. The standard InChI is InChI=1S/C28H20F6N2O4S2/c29-27(30,31)17-11-16(12-18(13-17)28(32,33)34)21-6-3-5-19(35-21)14-23-24(38)36(26(41)42-23)9-2-1-4-15-7-8-20(25(39)40)22(37)10-15/h3,5-8,10-14,37H,1-2,4,9H2,(H,39,40)/b23-14-. The fourth-order valence-electron chi connectivity index (χ4n) is 4.14. The fourth-order valence-corrected chi connectivity index (χ4v) is 5.43. The summed E-state index contributed by atoms with van der Waals surface area (Å²) in [6.07, 6.45) is -6.99. The van der Waals surface area contributed by atoms with Crippen LogP contribution in [-0.2, 0) is 23.6 Å². The van der Waals surface area contributed by atoms with Crippen LogP contribution in [0.5, 0.6) is 5.75 Å². The van der Waals surface area contributed by atoms with Gasteiger partial charge < -0.3 is 10.2 Å². The van der Waals surface area contributed by atoms with Gasteiger partial charge in [0.2, 0.25) is 0 Å². The zero-order valence-electron chi connectivity index (χ0n) is 21.3. The smallest absolute Gasteiger partial charge is 0.416 e. The number of carbonyl (C=O) groups is 2. The summed E-state index contributed by atoms with van der Waals surface area (Å²) in [5.41, 5.74) is -2.79. The zero-order valence-corrected chi connectivity index (χ0v) is 22.9. The molecule has 14 heteroatoms. The number of amides is 1. The van der Waals surface area contributed by atoms with Crippen molar-refractivity contribution < 1.29 is 46.1 Å². The number of nitrogens with zero attached hydrogens (tertiary/aromatic N) is 2. The summed E-state index contributed by atoms with van der Waals surface area (Å²) < 4.78 is 80.0. The van der Waals surface area contributed by atoms with Crippen molar-refractivity contribution in [3.05, 3.63) is 87.5 Å². The summed E-state index contributed by atoms with van der Waals surface area (Å²) in [4.78, 5) is 29.7. The Hall–Kier alpha value is -3.91. The molecule has 1 amide bonds. The van der Waals surface area contributed by atoms with Gasteiger partial charge in [-0.3, -0.25) is 9.69 Å². The molecule has 220 valence electrons. The van der Waals surface area contributed by atoms with Crippen LogP contribution in [0.4, 0.5) is 26.3 Å². The van der Waals surface area contributed by atoms with Gasteiger partial charge in [0.05, 0.1) is 27.4 Å². The largest absolute Gasteiger partial charge is 0.507 e. The lowest BCUT2D eigenvalue weighted by Crippen LogP contribution is -2.29. The van der Waals surface area contributed by atoms with Crippen LogP contribution in [0.1, 0.15) is 45.6 Å². The number of benzene rings is 2. The number of aromatic carboxylic acids is 1. The number of phenols is 1. The van der Waals surface area contributed by atoms with Gasteiger partial charge in [0.15, 0.2) is 0 Å². The molecule has 2 heterocycles. The van der Waals surface area contributed by atoms with E-state index in [0.29, 0.717) is 31.4 Å². The molecule has 0 bridgehead atoms. The summed E-state index contributed by atoms with van der Waals surface area (Å²) in [5.74, 6) is -2.00. The number of halogens is 6. The predicted octanol–water partition coefficient (Wildman–Crippen LogP) is 7.41. The molecule has 0 unspecified atom stereocenters. The van der Waals surface area contributed by atoms with Crippen LogP contribution >= 0.6 is 24.0 Å². The van der Waals surface area contributed by atoms with E-state index in [0.717, 1.165) is 17.3 Å². The van der Waals surface area contributed by atoms with Gasteiger partial charge in [0, 0.05) is 12.1 Å². The lowest BCUT2D eigenvalue weighted by Gasteiger charge is -2.14. The number of carboxylic acid groups (broad SMARTS) is 1. The molecule has 1 aliphatic heterocycles. The first kappa shape index (κ1) is 31.0. The number of thiocarbonyl (C=S) groups is 1. The van der Waals surface area contributed by atoms with Crippen LogP contribution in [-0.4, -0.2) is 42.8 Å². The van der Waals surface area contributed by atoms with E-state index < -0.39 is 35.4 Å². The van der Waals surface area contributed by atoms with E-state index in [-0.39, 0.29) is 50.1 Å². The molecule has 3 aromatic rings. The summed E-state index contributed by atoms with van der Waals surface area (Å²) in [6.45, 7) is 0.277. The monoisotopic (exact) mass is 626 g/mol. The molecular formula is C28H20F6N2O4S2. The number of aromatic nitrogens is 1. The first-order valence-electron chi connectivity index (χ1n) is 12.2. The van der Waals surface area contributed by atoms with Crippen LogP contribution in [0, 0.1) is 0 Å². The molecule has 0 aliphatic carbocycles. The molecule has 6 nitrogen and oxygen atoms in total. The van der Waals surface area contributed by atoms with Gasteiger partial charge in [0.25, 0.3) is 5.91 Å². The lowest BCUT2D eigenvalue weighted by atomic mass is 10.0. The quantitative estimate of drug-likeness (QED) is 0.116. The second-order valence-corrected chi connectivity index (χ2v) is 10.9. The second kappa shape index (κ2) is 12.1. The highest BCUT2D eigenvalue weighted by atomic mass is 32.2. The maximum atomic E-state index is 13.3. The van der Waals surface area contributed by atoms with Gasteiger partial charge >= 0.3 is 18.3 Å². The van der Waals surface area contributed by atoms with Gasteiger partial charge in [-0.15, -0.1) is 0 Å². The normalized spacial score (nSPS) is 15.1. The Bertz CT molecular complexity index is 1560. The number of hydrogen-bond acceptors (Lipinski definition) is 6. The van der Waals surface area contributed by atoms with E-state index in [9.17, 15) is 41.0 Å². The molecule has 0 saturated carbocycles. The minimum atomic E-state index is -5.01. The third-order valence-electron chi connectivity index (χ3n) is 6.20. The van der Waals surface area contributed by atoms with Crippen LogP contribution in [0.2, 0.25) is 0 Å². The number of pyridine rings is 1. The van der Waals surface area contributed by atoms with Crippen molar-refractivity contribution in [3.63, 3.8) is 0 Å². The molecule has 0 atom stereocenters. The topological polar surface area (TPSA) is 90.7 Å². The first-order valence-corrected chi connectivity index (χ1v) is 13.4. The molecule has 2 aromatic carbocycles. The highest BCUT2D eigenvalue weighted by Crippen LogP contribution is 2.39. The second-order valence-electron chi connectivity index (χ2n) is 9.19. The summed E-state index contributed by atoms with van der Waals surface area (Å²) in [6, 6.07) is 9.62. The number of thioether (sulfide) groups is 1. The summed E-state index contributed by atoms with van der Waals surface area (Å²) >= 11 is 6.31. The van der Waals surface area contributed by atoms with Crippen molar-refractivity contribution >= 4 is 46.3 Å². The van der Waals surface area contributed by atoms with Crippen molar-refractivity contribution in [2.75, 3.05) is 6.54 Å². The van der Waals surface area contributed by atoms with E-state index in [2.05, 4.69) is 4.98 Å². The van der Waals surface area contributed by atoms with Crippen molar-refractivity contribution in [1.29, 1.82) is 0 Å². The molecule has 2 N–H and O–H groups in total. The van der Waals surface area contributed by atoms with Crippen molar-refractivity contribution in [1.82, 2.24) is 9.88 Å². The minimum absolute atomic E-state index is 0.0393. The third kappa shape index (κ3) is 7.29. The van der Waals surface area contributed by atoms with Gasteiger partial charge in [-0.25, -0.2) is 9.78 Å². The Balaban J connectivity index is 1.46. The SMILES string of the molecule is O=C(O)c1ccc(CCCCN2C(=O)/C(=C/c3cccc(-c4cc(C(F)(F)F)cc(C(F)(F)F)c4)n3)SC2=S)cc1O. The Morgan fingerprint density at radius 1 is 0.976 bits per heavy atom. The molecule has 0 radical (unpaired) electrons. The average Bonchev–Trinajstić information content (AvgIpc) is 3.17. The molecule has 1 saturated heterocycles. The van der Waals surface area contributed by atoms with Gasteiger partial charge in [0.1, 0.15) is 15.6 Å². The van der Waals surface area contributed by atoms with E-state index in [1.165, 1.54) is 41.3 Å². The molecule has 4 rings (SSSR count). The maximum absolute atomic E-state index is 13.3. The van der Waals surface area contributed by atoms with Crippen LogP contribution in [0.3, 0.4) is 0 Å². The molecule has 0 spiro atoms. The fraction of sp³-hybridized carbons (Fsp3) is 0.214. The van der Waals surface area contributed by atoms with Gasteiger partial charge in [-0.05, 0) is 73.4 Å². The van der Waals surface area contributed by atoms with E-state index in [4.69, 9.17) is 17.3 Å². The Kier molecular flexibility index (Phi) is 8.97. The van der Waals surface area contributed by atoms with Crippen molar-refractivity contribution in [2.45, 2.75) is 31.6 Å². The highest BCUT2D eigenvalue weighted by molar-refractivity contribution is 8.26. The van der Waals surface area contributed by atoms with Gasteiger partial charge in [-0.2, -0.15) is 26.3 Å². The molecule has 1 aliphatic rings. The molecular weight excluding hydrogens is 606 g/mol. The number of hydrogen-bond donors (Lipinski definition) is 2. The van der Waals surface area contributed by atoms with Gasteiger partial charge in [-0.1, -0.05) is 36.1 Å². The third-order valence-corrected chi connectivity index (χ3v) is 7.57. The zero-order chi connectivity index (χ0) is 30.8. The number of carboxylic acids is 1. The average molecular weight is 627 g/mol. The maximum Gasteiger partial charge on any atom is 0.416 e. The Labute approximate surface area is 244 Å². The Morgan fingerprint density at radius 3 is 2.24 bits per heavy atom. The lowest BCUT2D eigenvalue weighted by molar-refractivity contribution is -0.143. The number of rotatable bonds is 8. The Morgan fingerprint density at radius 2 is 1.64 bits per heavy atom. The van der Waals surface area contributed by atoms with E-state index in [1.54, 1.807) is 6.07 Å². The predicted molar refractivity (Wildman–Crippen MR) is 148 cm³/mol. The number of aryl methyl sites for hydroxylation is 1. The molecule has 42 heavy (non-hydrogen) atoms. The molecule has 1 aromatic heterocycles. The molecule has 1 fully saturated rings. The number of alkyl halides is 6. The summed E-state index contributed by atoms with van der Waals surface area (Å²) in [7, 11) is 0. The van der Waals surface area contributed by atoms with Crippen molar-refractivity contribution in [3.8, 4) is 17.0 Å². The van der Waals surface area contributed by atoms with Crippen LogP contribution < -0.4 is 0 Å². The number of unbranched alkanes of at least 4 members (excludes halogenated alkanes) is 1. The van der Waals surface area contributed by atoms with E-state index >= 15 is 0 Å². The minimum Gasteiger partial charge on any atom is -0.507 e. The van der Waals surface area contributed by atoms with Crippen LogP contribution in [0.25, 0.3) is 17.3 Å².